The van der Waals surface area contributed by atoms with Crippen LogP contribution >= 0.6 is 0 Å². The van der Waals surface area contributed by atoms with Gasteiger partial charge in [0.1, 0.15) is 0 Å². The van der Waals surface area contributed by atoms with Crippen LogP contribution in [0.5, 0.6) is 0 Å². The third-order valence-electron chi connectivity index (χ3n) is 4.55. The van der Waals surface area contributed by atoms with E-state index in [0.717, 1.165) is 0 Å². The van der Waals surface area contributed by atoms with Crippen LogP contribution in [0, 0.1) is 10.8 Å². The fourth-order valence-corrected chi connectivity index (χ4v) is 1.65. The average molecular weight is 223 g/mol. The van der Waals surface area contributed by atoms with E-state index >= 15 is 0 Å². The monoisotopic (exact) mass is 223 g/mol. The molecule has 0 aromatic rings. The number of allylic oxidation sites excluding steroid dienone is 2. The second-order valence-corrected chi connectivity index (χ2v) is 6.18. The van der Waals surface area contributed by atoms with Crippen LogP contribution < -0.4 is 0 Å². The Morgan fingerprint density at radius 2 is 1.38 bits per heavy atom. The Bertz CT molecular complexity index is 282. The molecule has 0 radical (unpaired) electrons. The summed E-state index contributed by atoms with van der Waals surface area (Å²) in [6, 6.07) is 0.479. The SMILES string of the molecule is C=C(C)C(C)(C)C(C)(C)C(=C)N(C)C(C)C. The Hall–Kier alpha value is -0.720. The summed E-state index contributed by atoms with van der Waals surface area (Å²) in [6.07, 6.45) is 0. The first kappa shape index (κ1) is 15.3. The Labute approximate surface area is 102 Å². The molecule has 0 amide bonds. The van der Waals surface area contributed by atoms with E-state index in [4.69, 9.17) is 0 Å². The zero-order chi connectivity index (χ0) is 13.3. The summed E-state index contributed by atoms with van der Waals surface area (Å²) >= 11 is 0. The molecule has 0 N–H and O–H groups in total. The van der Waals surface area contributed by atoms with Gasteiger partial charge in [-0.2, -0.15) is 0 Å². The van der Waals surface area contributed by atoms with Crippen molar-refractivity contribution in [3.63, 3.8) is 0 Å². The molecule has 0 unspecified atom stereocenters. The largest absolute Gasteiger partial charge is 0.375 e. The van der Waals surface area contributed by atoms with Gasteiger partial charge < -0.3 is 4.90 Å². The molecule has 94 valence electrons. The summed E-state index contributed by atoms with van der Waals surface area (Å²) in [7, 11) is 2.11. The van der Waals surface area contributed by atoms with E-state index in [1.54, 1.807) is 0 Å². The van der Waals surface area contributed by atoms with Crippen LogP contribution in [0.1, 0.15) is 48.5 Å². The molecule has 0 aromatic carbocycles. The maximum atomic E-state index is 4.28. The second kappa shape index (κ2) is 4.65. The Morgan fingerprint density at radius 3 is 1.62 bits per heavy atom. The van der Waals surface area contributed by atoms with Crippen LogP contribution in [-0.2, 0) is 0 Å². The highest BCUT2D eigenvalue weighted by atomic mass is 15.1. The number of rotatable bonds is 5. The van der Waals surface area contributed by atoms with Gasteiger partial charge in [0.25, 0.3) is 0 Å². The Balaban J connectivity index is 5.21. The van der Waals surface area contributed by atoms with Gasteiger partial charge in [0.2, 0.25) is 0 Å². The average Bonchev–Trinajstić information content (AvgIpc) is 2.14. The summed E-state index contributed by atoms with van der Waals surface area (Å²) in [5.74, 6) is 0. The first-order chi connectivity index (χ1) is 6.96. The molecular weight excluding hydrogens is 194 g/mol. The molecule has 16 heavy (non-hydrogen) atoms. The lowest BCUT2D eigenvalue weighted by Crippen LogP contribution is -2.42. The molecule has 1 nitrogen and oxygen atoms in total. The van der Waals surface area contributed by atoms with Gasteiger partial charge in [0, 0.05) is 24.2 Å². The third kappa shape index (κ3) is 2.50. The smallest absolute Gasteiger partial charge is 0.0227 e. The lowest BCUT2D eigenvalue weighted by atomic mass is 9.62. The molecular formula is C15H29N. The van der Waals surface area contributed by atoms with Gasteiger partial charge in [-0.15, -0.1) is 0 Å². The molecule has 0 saturated carbocycles. The van der Waals surface area contributed by atoms with Gasteiger partial charge in [0.15, 0.2) is 0 Å². The van der Waals surface area contributed by atoms with Crippen molar-refractivity contribution in [2.75, 3.05) is 7.05 Å². The molecule has 0 atom stereocenters. The van der Waals surface area contributed by atoms with Crippen molar-refractivity contribution >= 4 is 0 Å². The maximum absolute atomic E-state index is 4.28. The van der Waals surface area contributed by atoms with E-state index in [-0.39, 0.29) is 10.8 Å². The van der Waals surface area contributed by atoms with Crippen molar-refractivity contribution in [3.8, 4) is 0 Å². The van der Waals surface area contributed by atoms with E-state index in [0.29, 0.717) is 6.04 Å². The minimum atomic E-state index is 0.0118. The van der Waals surface area contributed by atoms with E-state index in [9.17, 15) is 0 Å². The van der Waals surface area contributed by atoms with E-state index in [2.05, 4.69) is 73.6 Å². The minimum absolute atomic E-state index is 0.0118. The highest BCUT2D eigenvalue weighted by Gasteiger charge is 2.41. The first-order valence-corrected chi connectivity index (χ1v) is 6.04. The van der Waals surface area contributed by atoms with Gasteiger partial charge in [-0.3, -0.25) is 0 Å². The summed E-state index contributed by atoms with van der Waals surface area (Å²) < 4.78 is 0. The molecule has 1 heteroatoms. The molecule has 0 aliphatic rings. The predicted molar refractivity (Wildman–Crippen MR) is 74.4 cm³/mol. The Kier molecular flexibility index (Phi) is 4.44. The van der Waals surface area contributed by atoms with Crippen LogP contribution in [0.3, 0.4) is 0 Å². The fraction of sp³-hybridized carbons (Fsp3) is 0.733. The van der Waals surface area contributed by atoms with Crippen molar-refractivity contribution in [2.45, 2.75) is 54.5 Å². The quantitative estimate of drug-likeness (QED) is 0.622. The topological polar surface area (TPSA) is 3.24 Å². The second-order valence-electron chi connectivity index (χ2n) is 6.18. The molecule has 0 aliphatic carbocycles. The number of hydrogen-bond acceptors (Lipinski definition) is 1. The van der Waals surface area contributed by atoms with Crippen molar-refractivity contribution in [2.24, 2.45) is 10.8 Å². The van der Waals surface area contributed by atoms with E-state index in [1.165, 1.54) is 11.3 Å². The van der Waals surface area contributed by atoms with Crippen molar-refractivity contribution in [1.29, 1.82) is 0 Å². The molecule has 0 rings (SSSR count). The lowest BCUT2D eigenvalue weighted by Gasteiger charge is -2.47. The third-order valence-corrected chi connectivity index (χ3v) is 4.55. The van der Waals surface area contributed by atoms with Crippen molar-refractivity contribution < 1.29 is 0 Å². The van der Waals surface area contributed by atoms with Crippen LogP contribution in [0.25, 0.3) is 0 Å². The lowest BCUT2D eigenvalue weighted by molar-refractivity contribution is 0.141. The predicted octanol–water partition coefficient (Wildman–Crippen LogP) is 4.47. The van der Waals surface area contributed by atoms with Gasteiger partial charge in [-0.05, 0) is 26.2 Å². The summed E-state index contributed by atoms with van der Waals surface area (Å²) in [5, 5.41) is 0. The van der Waals surface area contributed by atoms with Gasteiger partial charge in [-0.1, -0.05) is 46.4 Å². The normalized spacial score (nSPS) is 12.8. The molecule has 0 aromatic heterocycles. The Morgan fingerprint density at radius 1 is 1.00 bits per heavy atom. The molecule has 0 heterocycles. The van der Waals surface area contributed by atoms with Crippen LogP contribution in [0.2, 0.25) is 0 Å². The zero-order valence-corrected chi connectivity index (χ0v) is 12.4. The zero-order valence-electron chi connectivity index (χ0n) is 12.4. The first-order valence-electron chi connectivity index (χ1n) is 6.04. The standard InChI is InChI=1S/C15H29N/c1-11(2)14(6,7)15(8,9)13(5)16(10)12(3)4/h12H,1,5H2,2-4,6-10H3. The summed E-state index contributed by atoms with van der Waals surface area (Å²) in [4.78, 5) is 2.25. The molecule has 0 aliphatic heterocycles. The van der Waals surface area contributed by atoms with Gasteiger partial charge >= 0.3 is 0 Å². The van der Waals surface area contributed by atoms with E-state index in [1.807, 2.05) is 0 Å². The van der Waals surface area contributed by atoms with Gasteiger partial charge in [-0.25, -0.2) is 0 Å². The fourth-order valence-electron chi connectivity index (χ4n) is 1.65. The number of nitrogens with zero attached hydrogens (tertiary/aromatic N) is 1. The van der Waals surface area contributed by atoms with Crippen molar-refractivity contribution in [1.82, 2.24) is 4.90 Å². The van der Waals surface area contributed by atoms with E-state index < -0.39 is 0 Å². The van der Waals surface area contributed by atoms with Crippen LogP contribution in [0.15, 0.2) is 24.4 Å². The number of hydrogen-bond donors (Lipinski definition) is 0. The van der Waals surface area contributed by atoms with Crippen LogP contribution in [-0.4, -0.2) is 18.0 Å². The van der Waals surface area contributed by atoms with Crippen LogP contribution in [0.4, 0.5) is 0 Å². The highest BCUT2D eigenvalue weighted by Crippen LogP contribution is 2.48. The maximum Gasteiger partial charge on any atom is 0.0227 e. The minimum Gasteiger partial charge on any atom is -0.375 e. The summed E-state index contributed by atoms with van der Waals surface area (Å²) in [5.41, 5.74) is 2.44. The summed E-state index contributed by atoms with van der Waals surface area (Å²) in [6.45, 7) is 23.9. The van der Waals surface area contributed by atoms with Gasteiger partial charge in [0.05, 0.1) is 0 Å². The molecule has 0 fully saturated rings. The highest BCUT2D eigenvalue weighted by molar-refractivity contribution is 5.20. The molecule has 0 saturated heterocycles. The van der Waals surface area contributed by atoms with Crippen molar-refractivity contribution in [3.05, 3.63) is 24.4 Å². The molecule has 0 spiro atoms. The molecule has 0 bridgehead atoms.